The fraction of sp³-hybridized carbons (Fsp3) is 0.659. The minimum absolute atomic E-state index is 0.0262. The van der Waals surface area contributed by atoms with E-state index in [4.69, 9.17) is 9.47 Å². The summed E-state index contributed by atoms with van der Waals surface area (Å²) < 4.78 is 10.4. The number of allylic oxidation sites excluding steroid dienone is 1. The molecule has 0 radical (unpaired) electrons. The summed E-state index contributed by atoms with van der Waals surface area (Å²) in [5.41, 5.74) is -1.27. The van der Waals surface area contributed by atoms with E-state index in [0.717, 1.165) is 18.4 Å². The molecule has 1 aromatic rings. The number of hydrogen-bond acceptors (Lipinski definition) is 11. The minimum Gasteiger partial charge on any atom is -0.508 e. The van der Waals surface area contributed by atoms with Gasteiger partial charge in [-0.2, -0.15) is 0 Å². The maximum atomic E-state index is 13.6. The van der Waals surface area contributed by atoms with E-state index >= 15 is 0 Å². The van der Waals surface area contributed by atoms with Crippen LogP contribution in [0.2, 0.25) is 0 Å². The number of aliphatic hydroxyl groups is 2. The van der Waals surface area contributed by atoms with Gasteiger partial charge in [0.2, 0.25) is 17.6 Å². The highest BCUT2D eigenvalue weighted by Crippen LogP contribution is 2.67. The number of hydrogen-bond donors (Lipinski definition) is 5. The fourth-order valence-corrected chi connectivity index (χ4v) is 10.0. The van der Waals surface area contributed by atoms with Crippen molar-refractivity contribution in [3.63, 3.8) is 0 Å². The van der Waals surface area contributed by atoms with Gasteiger partial charge in [0.1, 0.15) is 23.4 Å². The predicted molar refractivity (Wildman–Crippen MR) is 195 cm³/mol. The number of carbonyl (C=O) groups is 6. The van der Waals surface area contributed by atoms with Crippen molar-refractivity contribution < 1.29 is 53.6 Å². The van der Waals surface area contributed by atoms with Crippen LogP contribution in [0.4, 0.5) is 0 Å². The molecule has 0 spiro atoms. The molecular weight excluding hydrogens is 696 g/mol. The Morgan fingerprint density at radius 3 is 2.33 bits per heavy atom. The van der Waals surface area contributed by atoms with Crippen LogP contribution < -0.4 is 10.6 Å². The average Bonchev–Trinajstić information content (AvgIpc) is 3.39. The first-order chi connectivity index (χ1) is 25.4. The maximum Gasteiger partial charge on any atom is 0.328 e. The van der Waals surface area contributed by atoms with Crippen LogP contribution >= 0.6 is 0 Å². The zero-order chi connectivity index (χ0) is 39.6. The Hall–Kier alpha value is -4.10. The van der Waals surface area contributed by atoms with Gasteiger partial charge >= 0.3 is 11.9 Å². The van der Waals surface area contributed by atoms with E-state index < -0.39 is 65.3 Å². The van der Waals surface area contributed by atoms with Crippen LogP contribution in [0.25, 0.3) is 0 Å². The molecule has 5 rings (SSSR count). The predicted octanol–water partition coefficient (Wildman–Crippen LogP) is 3.25. The quantitative estimate of drug-likeness (QED) is 0.175. The second kappa shape index (κ2) is 16.3. The molecule has 296 valence electrons. The molecule has 0 aliphatic heterocycles. The fourth-order valence-electron chi connectivity index (χ4n) is 10.0. The first kappa shape index (κ1) is 41.1. The summed E-state index contributed by atoms with van der Waals surface area (Å²) in [6.45, 7) is 8.49. The lowest BCUT2D eigenvalue weighted by molar-refractivity contribution is -0.184. The van der Waals surface area contributed by atoms with Crippen molar-refractivity contribution in [3.05, 3.63) is 41.5 Å². The Kier molecular flexibility index (Phi) is 12.4. The molecule has 13 nitrogen and oxygen atoms in total. The van der Waals surface area contributed by atoms with Crippen molar-refractivity contribution in [1.29, 1.82) is 0 Å². The second-order valence-corrected chi connectivity index (χ2v) is 16.5. The molecule has 13 heteroatoms. The van der Waals surface area contributed by atoms with Gasteiger partial charge in [0, 0.05) is 24.7 Å². The monoisotopic (exact) mass is 752 g/mol. The number of ketones is 2. The summed E-state index contributed by atoms with van der Waals surface area (Å²) in [5.74, 6) is -3.58. The van der Waals surface area contributed by atoms with Gasteiger partial charge in [-0.3, -0.25) is 24.0 Å². The molecule has 0 bridgehead atoms. The Labute approximate surface area is 316 Å². The van der Waals surface area contributed by atoms with Crippen molar-refractivity contribution in [2.75, 3.05) is 13.2 Å². The number of nitrogens with one attached hydrogen (secondary N) is 2. The van der Waals surface area contributed by atoms with Gasteiger partial charge in [-0.15, -0.1) is 0 Å². The number of carbonyl (C=O) groups excluding carboxylic acids is 6. The van der Waals surface area contributed by atoms with E-state index in [0.29, 0.717) is 24.8 Å². The lowest BCUT2D eigenvalue weighted by Crippen LogP contribution is -2.62. The molecule has 5 N–H and O–H groups in total. The molecule has 2 amide bonds. The summed E-state index contributed by atoms with van der Waals surface area (Å²) in [6, 6.07) is 4.06. The van der Waals surface area contributed by atoms with Crippen LogP contribution in [-0.4, -0.2) is 87.6 Å². The molecule has 4 aliphatic carbocycles. The van der Waals surface area contributed by atoms with Crippen molar-refractivity contribution in [1.82, 2.24) is 10.6 Å². The highest BCUT2D eigenvalue weighted by molar-refractivity contribution is 5.93. The van der Waals surface area contributed by atoms with Crippen LogP contribution in [0.3, 0.4) is 0 Å². The third-order valence-corrected chi connectivity index (χ3v) is 13.0. The molecule has 9 atom stereocenters. The second-order valence-electron chi connectivity index (χ2n) is 16.5. The number of rotatable bonds is 14. The Morgan fingerprint density at radius 2 is 1.67 bits per heavy atom. The van der Waals surface area contributed by atoms with Crippen LogP contribution in [0.1, 0.15) is 98.0 Å². The van der Waals surface area contributed by atoms with E-state index in [1.165, 1.54) is 12.1 Å². The van der Waals surface area contributed by atoms with Gasteiger partial charge in [-0.1, -0.05) is 45.4 Å². The summed E-state index contributed by atoms with van der Waals surface area (Å²) in [7, 11) is 0. The molecule has 4 aliphatic rings. The lowest BCUT2D eigenvalue weighted by Gasteiger charge is -2.60. The number of aliphatic hydroxyl groups excluding tert-OH is 1. The molecule has 1 aromatic carbocycles. The van der Waals surface area contributed by atoms with E-state index in [2.05, 4.69) is 17.6 Å². The van der Waals surface area contributed by atoms with Gasteiger partial charge in [0.05, 0.1) is 19.1 Å². The molecule has 54 heavy (non-hydrogen) atoms. The number of benzene rings is 1. The summed E-state index contributed by atoms with van der Waals surface area (Å²) >= 11 is 0. The van der Waals surface area contributed by atoms with E-state index in [-0.39, 0.29) is 79.3 Å². The Balaban J connectivity index is 1.14. The molecule has 0 unspecified atom stereocenters. The van der Waals surface area contributed by atoms with Gasteiger partial charge in [0.25, 0.3) is 0 Å². The summed E-state index contributed by atoms with van der Waals surface area (Å²) in [4.78, 5) is 77.5. The van der Waals surface area contributed by atoms with Crippen LogP contribution in [0.15, 0.2) is 35.9 Å². The molecule has 3 fully saturated rings. The Bertz CT molecular complexity index is 1660. The topological polar surface area (TPSA) is 206 Å². The molecule has 0 heterocycles. The third kappa shape index (κ3) is 8.12. The van der Waals surface area contributed by atoms with E-state index in [1.807, 2.05) is 6.92 Å². The number of Topliss-reactive ketones (excluding diaryl/α,β-unsaturated/α-hetero) is 1. The van der Waals surface area contributed by atoms with Crippen molar-refractivity contribution >= 4 is 35.3 Å². The summed E-state index contributed by atoms with van der Waals surface area (Å²) in [5, 5.41) is 38.5. The maximum absolute atomic E-state index is 13.6. The Morgan fingerprint density at radius 1 is 0.963 bits per heavy atom. The molecule has 0 saturated heterocycles. The van der Waals surface area contributed by atoms with E-state index in [1.54, 1.807) is 39.0 Å². The number of esters is 2. The average molecular weight is 753 g/mol. The summed E-state index contributed by atoms with van der Waals surface area (Å²) in [6.07, 6.45) is 4.00. The van der Waals surface area contributed by atoms with Gasteiger partial charge in [0.15, 0.2) is 12.4 Å². The van der Waals surface area contributed by atoms with Crippen molar-refractivity contribution in [2.45, 2.75) is 123 Å². The van der Waals surface area contributed by atoms with Crippen LogP contribution in [0, 0.1) is 34.5 Å². The van der Waals surface area contributed by atoms with Crippen LogP contribution in [0.5, 0.6) is 5.75 Å². The first-order valence-electron chi connectivity index (χ1n) is 19.3. The largest absolute Gasteiger partial charge is 0.508 e. The number of phenols is 1. The van der Waals surface area contributed by atoms with Gasteiger partial charge in [-0.25, -0.2) is 4.79 Å². The highest BCUT2D eigenvalue weighted by atomic mass is 16.5. The molecular formula is C41H56N2O11. The molecule has 0 aromatic heterocycles. The minimum atomic E-state index is -1.80. The number of ether oxygens (including phenoxy) is 2. The van der Waals surface area contributed by atoms with Crippen molar-refractivity contribution in [3.8, 4) is 5.75 Å². The standard InChI is InChI=1S/C41H56N2O11/c1-6-53-38(51)30(19-24-7-10-26(44)11-8-24)42-37(50)36(23(2)3)43-33(48)13-14-34(49)54-22-32(47)41(52)18-16-29-28-12-9-25-20-27(45)15-17-39(25,4)35(28)31(46)21-40(29,41)5/h7-8,10-11,20,23,28-31,35-36,44,46,52H,6,9,12-19,21-22H2,1-5H3,(H,42,50)(H,43,48)/t28-,29+,30-,31-,35-,36+,39-,40-,41-/m0/s1. The third-order valence-electron chi connectivity index (χ3n) is 13.0. The smallest absolute Gasteiger partial charge is 0.328 e. The number of phenolic OH excluding ortho intramolecular Hbond substituents is 1. The van der Waals surface area contributed by atoms with Crippen molar-refractivity contribution in [2.24, 2.45) is 34.5 Å². The number of aromatic hydroxyl groups is 1. The zero-order valence-corrected chi connectivity index (χ0v) is 32.0. The SMILES string of the molecule is CCOC(=O)[C@H](Cc1ccc(O)cc1)NC(=O)[C@H](NC(=O)CCC(=O)OCC(=O)[C@@]1(O)CC[C@@H]2[C@@H]3CCC4=CC(=O)CC[C@]4(C)[C@@H]3[C@@H](O)C[C@@]21C)C(C)C. The van der Waals surface area contributed by atoms with Gasteiger partial charge in [-0.05, 0) is 98.3 Å². The molecule has 3 saturated carbocycles. The number of fused-ring (bicyclic) bond motifs is 5. The van der Waals surface area contributed by atoms with Crippen LogP contribution in [-0.2, 0) is 44.7 Å². The van der Waals surface area contributed by atoms with Gasteiger partial charge < -0.3 is 35.4 Å². The number of amides is 2. The first-order valence-corrected chi connectivity index (χ1v) is 19.3. The lowest BCUT2D eigenvalue weighted by atomic mass is 9.45. The van der Waals surface area contributed by atoms with E-state index in [9.17, 15) is 44.1 Å². The zero-order valence-electron chi connectivity index (χ0n) is 32.0. The highest BCUT2D eigenvalue weighted by Gasteiger charge is 2.68. The normalized spacial score (nSPS) is 31.2.